The molecule has 0 aromatic carbocycles. The first-order valence-corrected chi connectivity index (χ1v) is 7.97. The number of carboxylic acids is 1. The maximum Gasteiger partial charge on any atom is 0.303 e. The fraction of sp³-hybridized carbons (Fsp3) is 0.611. The maximum atomic E-state index is 10.3. The predicted molar refractivity (Wildman–Crippen MR) is 86.9 cm³/mol. The van der Waals surface area contributed by atoms with Crippen LogP contribution in [0.15, 0.2) is 36.5 Å². The second-order valence-electron chi connectivity index (χ2n) is 5.08. The Hall–Kier alpha value is -0.388. The van der Waals surface area contributed by atoms with Gasteiger partial charge < -0.3 is 5.11 Å². The first-order chi connectivity index (χ1) is 9.77. The summed E-state index contributed by atoms with van der Waals surface area (Å²) in [6.45, 7) is 2.21. The van der Waals surface area contributed by atoms with E-state index in [2.05, 4.69) is 43.4 Å². The smallest absolute Gasteiger partial charge is 0.303 e. The molecule has 0 atom stereocenters. The molecule has 0 rings (SSSR count). The van der Waals surface area contributed by atoms with E-state index in [4.69, 9.17) is 5.11 Å². The summed E-state index contributed by atoms with van der Waals surface area (Å²) >= 11 is 0. The van der Waals surface area contributed by atoms with Crippen LogP contribution in [-0.2, 0) is 32.1 Å². The molecular weight excluding hydrogens is 361 g/mol. The van der Waals surface area contributed by atoms with Gasteiger partial charge in [-0.25, -0.2) is 0 Å². The molecule has 116 valence electrons. The average molecular weight is 391 g/mol. The monoisotopic (exact) mass is 392 g/mol. The molecule has 0 amide bonds. The summed E-state index contributed by atoms with van der Waals surface area (Å²) < 4.78 is 0. The van der Waals surface area contributed by atoms with Crippen LogP contribution in [0.5, 0.6) is 0 Å². The second-order valence-corrected chi connectivity index (χ2v) is 5.08. The van der Waals surface area contributed by atoms with Gasteiger partial charge in [-0.3, -0.25) is 4.79 Å². The molecule has 0 aromatic heterocycles. The van der Waals surface area contributed by atoms with Crippen LogP contribution in [0.3, 0.4) is 0 Å². The largest absolute Gasteiger partial charge is 0.481 e. The first kappa shape index (κ1) is 22.9. The Kier molecular flexibility index (Phi) is 21.4. The molecule has 0 radical (unpaired) electrons. The van der Waals surface area contributed by atoms with Crippen molar-refractivity contribution in [3.8, 4) is 0 Å². The molecule has 0 unspecified atom stereocenters. The van der Waals surface area contributed by atoms with Crippen LogP contribution in [-0.4, -0.2) is 11.1 Å². The van der Waals surface area contributed by atoms with Crippen molar-refractivity contribution in [2.75, 3.05) is 0 Å². The van der Waals surface area contributed by atoms with E-state index in [0.717, 1.165) is 25.7 Å². The standard InChI is InChI=1S/C18H30O2.Cd/c1-2-3-4-5-6-7-8-9-10-11-12-13-14-15-16-17-18(19)20;/h5-10H,2-4,11-17H2,1H3,(H,19,20);. The van der Waals surface area contributed by atoms with Crippen LogP contribution in [0.25, 0.3) is 0 Å². The van der Waals surface area contributed by atoms with E-state index in [1.807, 2.05) is 0 Å². The third kappa shape index (κ3) is 22.0. The molecule has 0 aliphatic heterocycles. The summed E-state index contributed by atoms with van der Waals surface area (Å²) in [4.78, 5) is 10.3. The minimum Gasteiger partial charge on any atom is -0.481 e. The van der Waals surface area contributed by atoms with E-state index in [1.54, 1.807) is 0 Å². The minimum atomic E-state index is -0.677. The van der Waals surface area contributed by atoms with E-state index in [1.165, 1.54) is 32.1 Å². The van der Waals surface area contributed by atoms with E-state index < -0.39 is 5.97 Å². The number of hydrogen-bond donors (Lipinski definition) is 1. The van der Waals surface area contributed by atoms with Crippen molar-refractivity contribution in [2.24, 2.45) is 0 Å². The summed E-state index contributed by atoms with van der Waals surface area (Å²) in [5.41, 5.74) is 0. The molecule has 21 heavy (non-hydrogen) atoms. The number of carboxylic acid groups (broad SMARTS) is 1. The fourth-order valence-electron chi connectivity index (χ4n) is 1.87. The molecule has 0 saturated carbocycles. The van der Waals surface area contributed by atoms with Crippen LogP contribution in [0.2, 0.25) is 0 Å². The quantitative estimate of drug-likeness (QED) is 0.250. The zero-order valence-corrected chi connectivity index (χ0v) is 17.6. The molecule has 2 nitrogen and oxygen atoms in total. The van der Waals surface area contributed by atoms with Crippen LogP contribution in [0.4, 0.5) is 0 Å². The maximum absolute atomic E-state index is 10.3. The van der Waals surface area contributed by atoms with Gasteiger partial charge in [0.1, 0.15) is 0 Å². The van der Waals surface area contributed by atoms with Crippen molar-refractivity contribution >= 4 is 5.97 Å². The van der Waals surface area contributed by atoms with Gasteiger partial charge >= 0.3 is 5.97 Å². The fourth-order valence-corrected chi connectivity index (χ4v) is 1.87. The number of rotatable bonds is 13. The van der Waals surface area contributed by atoms with E-state index in [9.17, 15) is 4.79 Å². The van der Waals surface area contributed by atoms with Crippen LogP contribution in [0, 0.1) is 0 Å². The van der Waals surface area contributed by atoms with Gasteiger partial charge in [-0.2, -0.15) is 0 Å². The third-order valence-electron chi connectivity index (χ3n) is 3.09. The van der Waals surface area contributed by atoms with Crippen molar-refractivity contribution in [3.05, 3.63) is 36.5 Å². The molecular formula is C18H30CdO2. The molecule has 0 spiro atoms. The number of unbranched alkanes of at least 4 members (excludes halogenated alkanes) is 7. The van der Waals surface area contributed by atoms with Gasteiger partial charge in [0.25, 0.3) is 0 Å². The summed E-state index contributed by atoms with van der Waals surface area (Å²) in [5.74, 6) is -0.677. The molecule has 0 aromatic rings. The number of aliphatic carboxylic acids is 1. The first-order valence-electron chi connectivity index (χ1n) is 7.97. The molecule has 0 aliphatic carbocycles. The van der Waals surface area contributed by atoms with Gasteiger partial charge in [-0.15, -0.1) is 0 Å². The summed E-state index contributed by atoms with van der Waals surface area (Å²) in [7, 11) is 0. The average Bonchev–Trinajstić information content (AvgIpc) is 2.43. The summed E-state index contributed by atoms with van der Waals surface area (Å²) in [5, 5.41) is 8.50. The van der Waals surface area contributed by atoms with Crippen molar-refractivity contribution in [1.29, 1.82) is 0 Å². The normalized spacial score (nSPS) is 11.5. The van der Waals surface area contributed by atoms with Crippen LogP contribution < -0.4 is 0 Å². The number of hydrogen-bond acceptors (Lipinski definition) is 1. The van der Waals surface area contributed by atoms with Gasteiger partial charge in [0.15, 0.2) is 0 Å². The number of allylic oxidation sites excluding steroid dienone is 6. The SMILES string of the molecule is CCCCC=CC=CC=CCCCCCCCC(=O)O.[Cd]. The topological polar surface area (TPSA) is 37.3 Å². The molecule has 0 fully saturated rings. The van der Waals surface area contributed by atoms with Crippen LogP contribution in [0.1, 0.15) is 71.1 Å². The van der Waals surface area contributed by atoms with Gasteiger partial charge in [-0.1, -0.05) is 75.5 Å². The predicted octanol–water partition coefficient (Wildman–Crippen LogP) is 5.66. The van der Waals surface area contributed by atoms with Gasteiger partial charge in [0, 0.05) is 33.7 Å². The van der Waals surface area contributed by atoms with Crippen molar-refractivity contribution in [2.45, 2.75) is 71.1 Å². The third-order valence-corrected chi connectivity index (χ3v) is 3.09. The zero-order valence-electron chi connectivity index (χ0n) is 13.6. The van der Waals surface area contributed by atoms with E-state index in [0.29, 0.717) is 6.42 Å². The Labute approximate surface area is 150 Å². The summed E-state index contributed by atoms with van der Waals surface area (Å²) in [6.07, 6.45) is 23.3. The van der Waals surface area contributed by atoms with Crippen molar-refractivity contribution in [1.82, 2.24) is 0 Å². The Morgan fingerprint density at radius 3 is 1.90 bits per heavy atom. The molecule has 1 N–H and O–H groups in total. The van der Waals surface area contributed by atoms with E-state index >= 15 is 0 Å². The van der Waals surface area contributed by atoms with Crippen molar-refractivity contribution in [3.63, 3.8) is 0 Å². The Balaban J connectivity index is 0. The minimum absolute atomic E-state index is 0. The van der Waals surface area contributed by atoms with Gasteiger partial charge in [0.2, 0.25) is 0 Å². The van der Waals surface area contributed by atoms with Crippen LogP contribution >= 0.6 is 0 Å². The second kappa shape index (κ2) is 19.6. The Bertz CT molecular complexity index is 306. The molecule has 0 bridgehead atoms. The molecule has 0 saturated heterocycles. The van der Waals surface area contributed by atoms with Crippen molar-refractivity contribution < 1.29 is 37.2 Å². The van der Waals surface area contributed by atoms with E-state index in [-0.39, 0.29) is 27.3 Å². The number of carbonyl (C=O) groups is 1. The van der Waals surface area contributed by atoms with Gasteiger partial charge in [-0.05, 0) is 25.7 Å². The molecule has 0 heterocycles. The van der Waals surface area contributed by atoms with Gasteiger partial charge in [0.05, 0.1) is 0 Å². The Morgan fingerprint density at radius 2 is 1.33 bits per heavy atom. The zero-order chi connectivity index (χ0) is 14.9. The summed E-state index contributed by atoms with van der Waals surface area (Å²) in [6, 6.07) is 0. The Morgan fingerprint density at radius 1 is 0.810 bits per heavy atom. The molecule has 3 heteroatoms. The molecule has 0 aliphatic rings.